The van der Waals surface area contributed by atoms with Crippen LogP contribution < -0.4 is 0 Å². The molecule has 0 fully saturated rings. The maximum Gasteiger partial charge on any atom is 0.127 e. The summed E-state index contributed by atoms with van der Waals surface area (Å²) in [5, 5.41) is 11.7. The summed E-state index contributed by atoms with van der Waals surface area (Å²) in [7, 11) is 0. The van der Waals surface area contributed by atoms with E-state index in [0.717, 1.165) is 39.2 Å². The number of fused-ring (bicyclic) bond motifs is 3. The van der Waals surface area contributed by atoms with Gasteiger partial charge in [0.25, 0.3) is 0 Å². The van der Waals surface area contributed by atoms with Gasteiger partial charge in [-0.3, -0.25) is 5.10 Å². The van der Waals surface area contributed by atoms with E-state index in [-0.39, 0.29) is 5.82 Å². The number of hydrogen-bond donors (Lipinski definition) is 1. The lowest BCUT2D eigenvalue weighted by Gasteiger charge is -2.07. The van der Waals surface area contributed by atoms with Gasteiger partial charge in [0.15, 0.2) is 0 Å². The molecule has 0 aliphatic heterocycles. The van der Waals surface area contributed by atoms with Gasteiger partial charge in [0, 0.05) is 53.0 Å². The van der Waals surface area contributed by atoms with Gasteiger partial charge >= 0.3 is 0 Å². The van der Waals surface area contributed by atoms with Crippen LogP contribution >= 0.6 is 11.3 Å². The average Bonchev–Trinajstić information content (AvgIpc) is 3.32. The van der Waals surface area contributed by atoms with Crippen molar-refractivity contribution in [3.63, 3.8) is 0 Å². The lowest BCUT2D eigenvalue weighted by molar-refractivity contribution is 0.612. The van der Waals surface area contributed by atoms with Crippen LogP contribution in [0.25, 0.3) is 22.5 Å². The molecule has 6 heteroatoms. The number of rotatable bonds is 3. The summed E-state index contributed by atoms with van der Waals surface area (Å²) in [6, 6.07) is 5.73. The fourth-order valence-electron chi connectivity index (χ4n) is 3.35. The van der Waals surface area contributed by atoms with Crippen LogP contribution in [-0.4, -0.2) is 19.7 Å². The standard InChI is InChI=1S/C18H13FN4S/c19-16-6-11(8-23-3-2-20-10-23)5-14-13(16)7-15-17(21-22-18(14)15)12-1-4-24-9-12/h1-6,9-10H,7-8H2,(H,21,22). The monoisotopic (exact) mass is 336 g/mol. The van der Waals surface area contributed by atoms with E-state index in [1.807, 2.05) is 22.2 Å². The molecule has 0 radical (unpaired) electrons. The van der Waals surface area contributed by atoms with Crippen LogP contribution in [0, 0.1) is 5.82 Å². The molecule has 0 saturated heterocycles. The number of hydrogen-bond acceptors (Lipinski definition) is 3. The third-order valence-electron chi connectivity index (χ3n) is 4.46. The third-order valence-corrected chi connectivity index (χ3v) is 5.15. The second kappa shape index (κ2) is 5.14. The Hall–Kier alpha value is -2.73. The van der Waals surface area contributed by atoms with E-state index in [9.17, 15) is 4.39 Å². The summed E-state index contributed by atoms with van der Waals surface area (Å²) in [4.78, 5) is 4.04. The Balaban J connectivity index is 1.59. The van der Waals surface area contributed by atoms with Crippen LogP contribution in [0.2, 0.25) is 0 Å². The molecule has 4 nitrogen and oxygen atoms in total. The van der Waals surface area contributed by atoms with Gasteiger partial charge in [0.05, 0.1) is 17.7 Å². The molecular formula is C18H13FN4S. The molecule has 0 unspecified atom stereocenters. The number of halogens is 1. The minimum absolute atomic E-state index is 0.150. The molecule has 0 bridgehead atoms. The Morgan fingerprint density at radius 3 is 3.04 bits per heavy atom. The first-order valence-electron chi connectivity index (χ1n) is 7.67. The van der Waals surface area contributed by atoms with E-state index in [1.165, 1.54) is 0 Å². The molecule has 1 aliphatic rings. The molecule has 4 aromatic rings. The van der Waals surface area contributed by atoms with Crippen molar-refractivity contribution in [1.82, 2.24) is 19.7 Å². The third kappa shape index (κ3) is 2.03. The summed E-state index contributed by atoms with van der Waals surface area (Å²) in [6.07, 6.45) is 5.93. The van der Waals surface area contributed by atoms with Crippen molar-refractivity contribution >= 4 is 11.3 Å². The molecule has 3 heterocycles. The average molecular weight is 336 g/mol. The zero-order valence-electron chi connectivity index (χ0n) is 12.7. The zero-order chi connectivity index (χ0) is 16.1. The highest BCUT2D eigenvalue weighted by molar-refractivity contribution is 7.08. The molecule has 1 aliphatic carbocycles. The highest BCUT2D eigenvalue weighted by Crippen LogP contribution is 2.42. The minimum atomic E-state index is -0.150. The van der Waals surface area contributed by atoms with Crippen molar-refractivity contribution in [2.75, 3.05) is 0 Å². The first kappa shape index (κ1) is 13.7. The van der Waals surface area contributed by atoms with Crippen LogP contribution in [-0.2, 0) is 13.0 Å². The van der Waals surface area contributed by atoms with E-state index in [0.29, 0.717) is 13.0 Å². The Morgan fingerprint density at radius 2 is 2.25 bits per heavy atom. The van der Waals surface area contributed by atoms with Gasteiger partial charge in [0.1, 0.15) is 5.82 Å². The van der Waals surface area contributed by atoms with Crippen molar-refractivity contribution in [3.05, 3.63) is 70.2 Å². The van der Waals surface area contributed by atoms with Gasteiger partial charge < -0.3 is 4.57 Å². The van der Waals surface area contributed by atoms with Crippen LogP contribution in [0.5, 0.6) is 0 Å². The smallest absolute Gasteiger partial charge is 0.127 e. The lowest BCUT2D eigenvalue weighted by atomic mass is 10.0. The highest BCUT2D eigenvalue weighted by atomic mass is 32.1. The maximum atomic E-state index is 14.6. The van der Waals surface area contributed by atoms with E-state index >= 15 is 0 Å². The minimum Gasteiger partial charge on any atom is -0.333 e. The number of thiophene rings is 1. The highest BCUT2D eigenvalue weighted by Gasteiger charge is 2.28. The van der Waals surface area contributed by atoms with Crippen molar-refractivity contribution in [3.8, 4) is 22.5 Å². The van der Waals surface area contributed by atoms with E-state index < -0.39 is 0 Å². The molecule has 0 atom stereocenters. The Morgan fingerprint density at radius 1 is 1.29 bits per heavy atom. The topological polar surface area (TPSA) is 46.5 Å². The van der Waals surface area contributed by atoms with Crippen molar-refractivity contribution in [1.29, 1.82) is 0 Å². The summed E-state index contributed by atoms with van der Waals surface area (Å²) < 4.78 is 16.6. The number of nitrogens with one attached hydrogen (secondary N) is 1. The molecule has 3 aromatic heterocycles. The first-order valence-corrected chi connectivity index (χ1v) is 8.61. The summed E-state index contributed by atoms with van der Waals surface area (Å²) in [6.45, 7) is 0.602. The first-order chi connectivity index (χ1) is 11.8. The molecule has 0 amide bonds. The fourth-order valence-corrected chi connectivity index (χ4v) is 3.99. The largest absolute Gasteiger partial charge is 0.333 e. The predicted octanol–water partition coefficient (Wildman–Crippen LogP) is 4.09. The van der Waals surface area contributed by atoms with Gasteiger partial charge in [-0.25, -0.2) is 9.37 Å². The van der Waals surface area contributed by atoms with E-state index in [4.69, 9.17) is 0 Å². The van der Waals surface area contributed by atoms with Crippen molar-refractivity contribution in [2.45, 2.75) is 13.0 Å². The number of aromatic amines is 1. The quantitative estimate of drug-likeness (QED) is 0.539. The zero-order valence-corrected chi connectivity index (χ0v) is 13.5. The van der Waals surface area contributed by atoms with Gasteiger partial charge in [-0.2, -0.15) is 16.4 Å². The van der Waals surface area contributed by atoms with E-state index in [2.05, 4.69) is 26.6 Å². The summed E-state index contributed by atoms with van der Waals surface area (Å²) >= 11 is 1.64. The SMILES string of the molecule is Fc1cc(Cn2ccnc2)cc2c1Cc1c(-c3ccsc3)n[nH]c1-2. The maximum absolute atomic E-state index is 14.6. The van der Waals surface area contributed by atoms with Crippen molar-refractivity contribution < 1.29 is 4.39 Å². The molecule has 0 saturated carbocycles. The second-order valence-electron chi connectivity index (χ2n) is 5.95. The summed E-state index contributed by atoms with van der Waals surface area (Å²) in [5.41, 5.74) is 6.64. The predicted molar refractivity (Wildman–Crippen MR) is 91.4 cm³/mol. The Labute approximate surface area is 141 Å². The van der Waals surface area contributed by atoms with Gasteiger partial charge in [-0.1, -0.05) is 0 Å². The number of imidazole rings is 1. The van der Waals surface area contributed by atoms with Gasteiger partial charge in [0.2, 0.25) is 0 Å². The summed E-state index contributed by atoms with van der Waals surface area (Å²) in [5.74, 6) is -0.150. The van der Waals surface area contributed by atoms with Crippen molar-refractivity contribution in [2.24, 2.45) is 0 Å². The molecule has 0 spiro atoms. The molecule has 24 heavy (non-hydrogen) atoms. The number of H-pyrrole nitrogens is 1. The van der Waals surface area contributed by atoms with Crippen LogP contribution in [0.15, 0.2) is 47.7 Å². The number of nitrogens with zero attached hydrogens (tertiary/aromatic N) is 3. The molecular weight excluding hydrogens is 323 g/mol. The molecule has 1 aromatic carbocycles. The Bertz CT molecular complexity index is 1020. The molecule has 1 N–H and O–H groups in total. The number of aromatic nitrogens is 4. The second-order valence-corrected chi connectivity index (χ2v) is 6.73. The molecule has 118 valence electrons. The van der Waals surface area contributed by atoms with Gasteiger partial charge in [-0.05, 0) is 29.1 Å². The normalized spacial score (nSPS) is 12.4. The number of benzene rings is 1. The van der Waals surface area contributed by atoms with Crippen LogP contribution in [0.1, 0.15) is 16.7 Å². The fraction of sp³-hybridized carbons (Fsp3) is 0.111. The Kier molecular flexibility index (Phi) is 2.93. The van der Waals surface area contributed by atoms with Gasteiger partial charge in [-0.15, -0.1) is 0 Å². The van der Waals surface area contributed by atoms with E-state index in [1.54, 1.807) is 29.9 Å². The van der Waals surface area contributed by atoms with Crippen LogP contribution in [0.3, 0.4) is 0 Å². The van der Waals surface area contributed by atoms with Crippen LogP contribution in [0.4, 0.5) is 4.39 Å². The lowest BCUT2D eigenvalue weighted by Crippen LogP contribution is -1.99. The molecule has 5 rings (SSSR count).